The maximum absolute atomic E-state index is 15.9. The lowest BCUT2D eigenvalue weighted by Gasteiger charge is -2.23. The maximum atomic E-state index is 15.9. The summed E-state index contributed by atoms with van der Waals surface area (Å²) in [6, 6.07) is 17.4. The summed E-state index contributed by atoms with van der Waals surface area (Å²) < 4.78 is 76.5. The van der Waals surface area contributed by atoms with E-state index in [0.717, 1.165) is 27.8 Å². The molecule has 0 saturated carbocycles. The van der Waals surface area contributed by atoms with Gasteiger partial charge in [0.15, 0.2) is 0 Å². The van der Waals surface area contributed by atoms with E-state index in [1.807, 2.05) is 0 Å². The molecule has 0 spiro atoms. The molecule has 0 aliphatic rings. The molecule has 0 radical (unpaired) electrons. The van der Waals surface area contributed by atoms with Crippen LogP contribution in [0.25, 0.3) is 22.3 Å². The molecule has 16 heteroatoms. The first kappa shape index (κ1) is 34.0. The topological polar surface area (TPSA) is 117 Å². The zero-order chi connectivity index (χ0) is 34.7. The highest BCUT2D eigenvalue weighted by Crippen LogP contribution is 2.44. The molecule has 0 unspecified atom stereocenters. The average Bonchev–Trinajstić information content (AvgIpc) is 3.64. The molecule has 2 heterocycles. The Hall–Kier alpha value is -4.89. The van der Waals surface area contributed by atoms with Crippen molar-refractivity contribution in [3.63, 3.8) is 0 Å². The van der Waals surface area contributed by atoms with Gasteiger partial charge in [-0.25, -0.2) is 21.5 Å². The van der Waals surface area contributed by atoms with Crippen molar-refractivity contribution in [1.29, 1.82) is 0 Å². The molecule has 0 N–H and O–H groups in total. The Morgan fingerprint density at radius 2 is 1.61 bits per heavy atom. The number of benzene rings is 4. The fourth-order valence-electron chi connectivity index (χ4n) is 4.89. The SMILES string of the molecule is COc1ccc(CN(c2nncs2)S(=O)(=O)c2cc(Cl)c(Oc3cc(Cl)c(-c4ccccc4F)cc3-c3ccnnc3)cc2F)c(OC)c1. The lowest BCUT2D eigenvalue weighted by Crippen LogP contribution is -2.31. The number of anilines is 1. The number of nitrogens with zero attached hydrogens (tertiary/aromatic N) is 5. The third kappa shape index (κ3) is 6.99. The number of rotatable bonds is 11. The predicted octanol–water partition coefficient (Wildman–Crippen LogP) is 8.45. The highest BCUT2D eigenvalue weighted by atomic mass is 35.5. The van der Waals surface area contributed by atoms with Gasteiger partial charge in [0.25, 0.3) is 10.0 Å². The van der Waals surface area contributed by atoms with E-state index in [1.54, 1.807) is 48.5 Å². The van der Waals surface area contributed by atoms with Crippen molar-refractivity contribution < 1.29 is 31.4 Å². The Kier molecular flexibility index (Phi) is 9.92. The van der Waals surface area contributed by atoms with Gasteiger partial charge in [0.2, 0.25) is 5.13 Å². The first-order valence-electron chi connectivity index (χ1n) is 14.1. The number of aromatic nitrogens is 4. The van der Waals surface area contributed by atoms with Crippen LogP contribution in [0.5, 0.6) is 23.0 Å². The normalized spacial score (nSPS) is 11.3. The second-order valence-electron chi connectivity index (χ2n) is 10.2. The standard InChI is InChI=1S/C33H23Cl2F2N5O5S2/c1-45-21-8-7-20(29(11-21)46-2)17-42(33-41-40-18-48-33)49(43,44)32-14-26(35)31(15-28(32)37)47-30-13-25(34)24(22-5-3-4-6-27(22)36)12-23(30)19-9-10-38-39-16-19/h3-16,18H,17H2,1-2H3. The number of hydrogen-bond acceptors (Lipinski definition) is 10. The van der Waals surface area contributed by atoms with Crippen LogP contribution in [0.2, 0.25) is 10.0 Å². The van der Waals surface area contributed by atoms with Crippen molar-refractivity contribution in [2.45, 2.75) is 11.4 Å². The Morgan fingerprint density at radius 1 is 0.796 bits per heavy atom. The molecule has 0 bridgehead atoms. The predicted molar refractivity (Wildman–Crippen MR) is 182 cm³/mol. The highest BCUT2D eigenvalue weighted by molar-refractivity contribution is 7.93. The van der Waals surface area contributed by atoms with E-state index in [1.165, 1.54) is 44.3 Å². The largest absolute Gasteiger partial charge is 0.497 e. The Balaban J connectivity index is 1.40. The Labute approximate surface area is 293 Å². The van der Waals surface area contributed by atoms with Crippen molar-refractivity contribution in [2.75, 3.05) is 18.5 Å². The van der Waals surface area contributed by atoms with Gasteiger partial charge in [0.05, 0.1) is 43.2 Å². The minimum Gasteiger partial charge on any atom is -0.497 e. The number of ether oxygens (including phenoxy) is 3. The maximum Gasteiger partial charge on any atom is 0.269 e. The van der Waals surface area contributed by atoms with Gasteiger partial charge in [-0.05, 0) is 36.4 Å². The van der Waals surface area contributed by atoms with Crippen LogP contribution in [-0.4, -0.2) is 43.0 Å². The van der Waals surface area contributed by atoms with Gasteiger partial charge in [0, 0.05) is 46.0 Å². The third-order valence-electron chi connectivity index (χ3n) is 7.27. The number of methoxy groups -OCH3 is 2. The molecule has 6 rings (SSSR count). The fourth-order valence-corrected chi connectivity index (χ4v) is 7.66. The highest BCUT2D eigenvalue weighted by Gasteiger charge is 2.32. The van der Waals surface area contributed by atoms with Gasteiger partial charge in [-0.15, -0.1) is 10.2 Å². The first-order chi connectivity index (χ1) is 23.6. The fraction of sp³-hybridized carbons (Fsp3) is 0.0909. The molecule has 0 atom stereocenters. The van der Waals surface area contributed by atoms with Crippen molar-refractivity contribution in [3.8, 4) is 45.3 Å². The molecular formula is C33H23Cl2F2N5O5S2. The van der Waals surface area contributed by atoms with Crippen LogP contribution in [0.1, 0.15) is 5.56 Å². The van der Waals surface area contributed by atoms with Crippen LogP contribution in [0.15, 0.2) is 95.6 Å². The summed E-state index contributed by atoms with van der Waals surface area (Å²) in [6.07, 6.45) is 2.91. The Morgan fingerprint density at radius 3 is 2.31 bits per heavy atom. The van der Waals surface area contributed by atoms with E-state index < -0.39 is 26.6 Å². The molecule has 49 heavy (non-hydrogen) atoms. The molecular weight excluding hydrogens is 719 g/mol. The number of hydrogen-bond donors (Lipinski definition) is 0. The monoisotopic (exact) mass is 741 g/mol. The van der Waals surface area contributed by atoms with E-state index >= 15 is 4.39 Å². The van der Waals surface area contributed by atoms with Crippen molar-refractivity contribution in [2.24, 2.45) is 0 Å². The molecule has 0 aliphatic carbocycles. The number of sulfonamides is 1. The van der Waals surface area contributed by atoms with Crippen LogP contribution in [0, 0.1) is 11.6 Å². The van der Waals surface area contributed by atoms with E-state index in [4.69, 9.17) is 37.4 Å². The minimum absolute atomic E-state index is 0.0195. The van der Waals surface area contributed by atoms with E-state index in [-0.39, 0.29) is 38.8 Å². The second-order valence-corrected chi connectivity index (χ2v) is 13.6. The summed E-state index contributed by atoms with van der Waals surface area (Å²) in [7, 11) is -1.72. The van der Waals surface area contributed by atoms with Gasteiger partial charge in [-0.2, -0.15) is 10.2 Å². The summed E-state index contributed by atoms with van der Waals surface area (Å²) in [5, 5.41) is 15.3. The zero-order valence-electron chi connectivity index (χ0n) is 25.5. The van der Waals surface area contributed by atoms with Gasteiger partial charge in [-0.1, -0.05) is 52.7 Å². The summed E-state index contributed by atoms with van der Waals surface area (Å²) in [5.41, 5.74) is 3.33. The quantitative estimate of drug-likeness (QED) is 0.129. The summed E-state index contributed by atoms with van der Waals surface area (Å²) in [4.78, 5) is -0.737. The molecule has 0 amide bonds. The lowest BCUT2D eigenvalue weighted by atomic mass is 9.98. The summed E-state index contributed by atoms with van der Waals surface area (Å²) in [5.74, 6) is -0.923. The first-order valence-corrected chi connectivity index (χ1v) is 17.2. The smallest absolute Gasteiger partial charge is 0.269 e. The van der Waals surface area contributed by atoms with Gasteiger partial charge >= 0.3 is 0 Å². The molecule has 0 fully saturated rings. The molecule has 0 aliphatic heterocycles. The van der Waals surface area contributed by atoms with E-state index in [2.05, 4.69) is 20.4 Å². The molecule has 4 aromatic carbocycles. The number of halogens is 4. The van der Waals surface area contributed by atoms with Gasteiger partial charge in [0.1, 0.15) is 45.0 Å². The van der Waals surface area contributed by atoms with E-state index in [0.29, 0.717) is 33.8 Å². The zero-order valence-corrected chi connectivity index (χ0v) is 28.6. The van der Waals surface area contributed by atoms with Gasteiger partial charge in [-0.3, -0.25) is 0 Å². The third-order valence-corrected chi connectivity index (χ3v) is 10.5. The summed E-state index contributed by atoms with van der Waals surface area (Å²) >= 11 is 14.1. The van der Waals surface area contributed by atoms with Crippen LogP contribution in [0.3, 0.4) is 0 Å². The molecule has 2 aromatic heterocycles. The summed E-state index contributed by atoms with van der Waals surface area (Å²) in [6.45, 7) is -0.282. The molecule has 250 valence electrons. The lowest BCUT2D eigenvalue weighted by molar-refractivity contribution is 0.391. The van der Waals surface area contributed by atoms with Crippen molar-refractivity contribution >= 4 is 49.7 Å². The molecule has 6 aromatic rings. The van der Waals surface area contributed by atoms with Gasteiger partial charge < -0.3 is 14.2 Å². The molecule has 0 saturated heterocycles. The average molecular weight is 743 g/mol. The molecule has 10 nitrogen and oxygen atoms in total. The van der Waals surface area contributed by atoms with Crippen LogP contribution >= 0.6 is 34.5 Å². The Bertz CT molecular complexity index is 2250. The van der Waals surface area contributed by atoms with Crippen LogP contribution < -0.4 is 18.5 Å². The minimum atomic E-state index is -4.64. The van der Waals surface area contributed by atoms with Crippen molar-refractivity contribution in [3.05, 3.63) is 118 Å². The van der Waals surface area contributed by atoms with Crippen LogP contribution in [0.4, 0.5) is 13.9 Å². The second kappa shape index (κ2) is 14.3. The van der Waals surface area contributed by atoms with Crippen molar-refractivity contribution in [1.82, 2.24) is 20.4 Å². The van der Waals surface area contributed by atoms with Crippen LogP contribution in [-0.2, 0) is 16.6 Å². The van der Waals surface area contributed by atoms with E-state index in [9.17, 15) is 12.8 Å².